The Labute approximate surface area is 167 Å². The number of hydrogen-bond donors (Lipinski definition) is 1. The molecular weight excluding hydrogens is 405 g/mol. The van der Waals surface area contributed by atoms with E-state index in [0.717, 1.165) is 17.1 Å². The number of benzene rings is 2. The van der Waals surface area contributed by atoms with Crippen LogP contribution in [0.4, 0.5) is 4.39 Å². The lowest BCUT2D eigenvalue weighted by Gasteiger charge is -2.26. The molecular formula is C19H17ClFN3O3S. The number of nitrogens with zero attached hydrogens (tertiary/aromatic N) is 2. The van der Waals surface area contributed by atoms with E-state index in [2.05, 4.69) is 9.71 Å². The van der Waals surface area contributed by atoms with Crippen molar-refractivity contribution in [3.8, 4) is 11.3 Å². The van der Waals surface area contributed by atoms with Crippen LogP contribution in [-0.2, 0) is 27.9 Å². The minimum atomic E-state index is -3.66. The molecule has 1 N–H and O–H groups in total. The summed E-state index contributed by atoms with van der Waals surface area (Å²) in [6, 6.07) is 12.1. The van der Waals surface area contributed by atoms with Crippen LogP contribution in [0.15, 0.2) is 59.6 Å². The smallest absolute Gasteiger partial charge is 0.240 e. The molecule has 2 aromatic carbocycles. The second kappa shape index (κ2) is 7.63. The largest absolute Gasteiger partial charge is 0.367 e. The Balaban J connectivity index is 1.47. The summed E-state index contributed by atoms with van der Waals surface area (Å²) in [5.41, 5.74) is 1.67. The van der Waals surface area contributed by atoms with E-state index < -0.39 is 10.0 Å². The first kappa shape index (κ1) is 19.1. The summed E-state index contributed by atoms with van der Waals surface area (Å²) >= 11 is 5.81. The number of imidazole rings is 1. The second-order valence-corrected chi connectivity index (χ2v) is 8.62. The topological polar surface area (TPSA) is 73.2 Å². The molecule has 0 unspecified atom stereocenters. The van der Waals surface area contributed by atoms with Gasteiger partial charge in [0.2, 0.25) is 10.0 Å². The summed E-state index contributed by atoms with van der Waals surface area (Å²) in [5, 5.41) is 0.468. The van der Waals surface area contributed by atoms with E-state index in [1.54, 1.807) is 18.3 Å². The van der Waals surface area contributed by atoms with Gasteiger partial charge in [-0.1, -0.05) is 11.6 Å². The fourth-order valence-corrected chi connectivity index (χ4v) is 4.25. The zero-order chi connectivity index (χ0) is 19.7. The van der Waals surface area contributed by atoms with Crippen molar-refractivity contribution in [3.05, 3.63) is 71.4 Å². The average Bonchev–Trinajstić information content (AvgIpc) is 3.11. The van der Waals surface area contributed by atoms with E-state index in [9.17, 15) is 12.8 Å². The van der Waals surface area contributed by atoms with E-state index >= 15 is 0 Å². The van der Waals surface area contributed by atoms with Gasteiger partial charge >= 0.3 is 0 Å². The van der Waals surface area contributed by atoms with Crippen molar-refractivity contribution in [2.45, 2.75) is 24.2 Å². The number of sulfonamides is 1. The van der Waals surface area contributed by atoms with Crippen LogP contribution < -0.4 is 4.72 Å². The molecule has 0 aliphatic carbocycles. The van der Waals surface area contributed by atoms with Gasteiger partial charge in [-0.15, -0.1) is 0 Å². The summed E-state index contributed by atoms with van der Waals surface area (Å²) in [7, 11) is -3.66. The van der Waals surface area contributed by atoms with Gasteiger partial charge in [0.05, 0.1) is 29.4 Å². The molecule has 0 spiro atoms. The fourth-order valence-electron chi connectivity index (χ4n) is 3.06. The minimum Gasteiger partial charge on any atom is -0.367 e. The molecule has 1 aliphatic rings. The van der Waals surface area contributed by atoms with Gasteiger partial charge in [0, 0.05) is 11.6 Å². The molecule has 28 heavy (non-hydrogen) atoms. The van der Waals surface area contributed by atoms with Crippen LogP contribution in [0.25, 0.3) is 11.3 Å². The summed E-state index contributed by atoms with van der Waals surface area (Å²) in [6.45, 7) is 0.825. The summed E-state index contributed by atoms with van der Waals surface area (Å²) < 4.78 is 48.3. The first-order valence-corrected chi connectivity index (χ1v) is 10.5. The molecule has 6 nitrogen and oxygen atoms in total. The van der Waals surface area contributed by atoms with Crippen LogP contribution in [0.1, 0.15) is 5.82 Å². The van der Waals surface area contributed by atoms with Gasteiger partial charge in [-0.2, -0.15) is 0 Å². The number of hydrogen-bond acceptors (Lipinski definition) is 4. The van der Waals surface area contributed by atoms with Gasteiger partial charge < -0.3 is 9.30 Å². The van der Waals surface area contributed by atoms with Gasteiger partial charge in [0.1, 0.15) is 18.2 Å². The summed E-state index contributed by atoms with van der Waals surface area (Å²) in [6.07, 6.45) is 1.36. The molecule has 1 atom stereocenters. The van der Waals surface area contributed by atoms with E-state index in [0.29, 0.717) is 11.6 Å². The highest BCUT2D eigenvalue weighted by Gasteiger charge is 2.25. The number of fused-ring (bicyclic) bond motifs is 1. The molecule has 0 radical (unpaired) electrons. The third kappa shape index (κ3) is 3.95. The van der Waals surface area contributed by atoms with Crippen LogP contribution in [0.2, 0.25) is 5.02 Å². The van der Waals surface area contributed by atoms with Crippen molar-refractivity contribution in [3.63, 3.8) is 0 Å². The normalized spacial score (nSPS) is 16.7. The predicted molar refractivity (Wildman–Crippen MR) is 103 cm³/mol. The fraction of sp³-hybridized carbons (Fsp3) is 0.211. The quantitative estimate of drug-likeness (QED) is 0.686. The van der Waals surface area contributed by atoms with Crippen molar-refractivity contribution >= 4 is 21.6 Å². The predicted octanol–water partition coefficient (Wildman–Crippen LogP) is 3.22. The van der Waals surface area contributed by atoms with Crippen LogP contribution >= 0.6 is 11.6 Å². The molecule has 9 heteroatoms. The average molecular weight is 422 g/mol. The first-order valence-electron chi connectivity index (χ1n) is 8.59. The summed E-state index contributed by atoms with van der Waals surface area (Å²) in [5.74, 6) is 0.441. The Hall–Kier alpha value is -2.26. The van der Waals surface area contributed by atoms with Gasteiger partial charge in [-0.25, -0.2) is 22.5 Å². The number of ether oxygens (including phenoxy) is 1. The summed E-state index contributed by atoms with van der Waals surface area (Å²) in [4.78, 5) is 4.49. The van der Waals surface area contributed by atoms with Crippen molar-refractivity contribution < 1.29 is 17.5 Å². The van der Waals surface area contributed by atoms with Gasteiger partial charge in [0.25, 0.3) is 0 Å². The van der Waals surface area contributed by atoms with Crippen molar-refractivity contribution in [1.29, 1.82) is 0 Å². The van der Waals surface area contributed by atoms with E-state index in [1.807, 2.05) is 4.57 Å². The monoisotopic (exact) mass is 421 g/mol. The third-order valence-corrected chi connectivity index (χ3v) is 6.23. The van der Waals surface area contributed by atoms with Crippen LogP contribution in [0, 0.1) is 5.82 Å². The SMILES string of the molecule is O=S(=O)(NC[C@H]1Cn2c(-c3ccc(F)cc3)cnc2CO1)c1ccc(Cl)cc1. The standard InChI is InChI=1S/C19H17ClFN3O3S/c20-14-3-7-17(8-4-14)28(25,26)23-9-16-11-24-18(10-22-19(24)12-27-16)13-1-5-15(21)6-2-13/h1-8,10,16,23H,9,11-12H2/t16-/m0/s1. The highest BCUT2D eigenvalue weighted by molar-refractivity contribution is 7.89. The maximum absolute atomic E-state index is 13.2. The Kier molecular flexibility index (Phi) is 5.20. The molecule has 0 saturated carbocycles. The molecule has 0 bridgehead atoms. The Morgan fingerprint density at radius 3 is 2.61 bits per heavy atom. The van der Waals surface area contributed by atoms with Crippen LogP contribution in [0.5, 0.6) is 0 Å². The van der Waals surface area contributed by atoms with Crippen LogP contribution in [0.3, 0.4) is 0 Å². The lowest BCUT2D eigenvalue weighted by atomic mass is 10.1. The molecule has 2 heterocycles. The molecule has 1 aromatic heterocycles. The number of nitrogens with one attached hydrogen (secondary N) is 1. The van der Waals surface area contributed by atoms with Crippen molar-refractivity contribution in [2.75, 3.05) is 6.54 Å². The maximum atomic E-state index is 13.2. The van der Waals surface area contributed by atoms with E-state index in [1.165, 1.54) is 36.4 Å². The third-order valence-electron chi connectivity index (χ3n) is 4.54. The lowest BCUT2D eigenvalue weighted by Crippen LogP contribution is -2.38. The molecule has 146 valence electrons. The second-order valence-electron chi connectivity index (χ2n) is 6.42. The molecule has 4 rings (SSSR count). The molecule has 0 fully saturated rings. The molecule has 3 aromatic rings. The highest BCUT2D eigenvalue weighted by Crippen LogP contribution is 2.25. The van der Waals surface area contributed by atoms with Crippen molar-refractivity contribution in [2.24, 2.45) is 0 Å². The first-order chi connectivity index (χ1) is 13.4. The Bertz CT molecular complexity index is 1080. The van der Waals surface area contributed by atoms with E-state index in [4.69, 9.17) is 16.3 Å². The number of rotatable bonds is 5. The molecule has 1 aliphatic heterocycles. The van der Waals surface area contributed by atoms with Gasteiger partial charge in [0.15, 0.2) is 0 Å². The van der Waals surface area contributed by atoms with Gasteiger partial charge in [-0.3, -0.25) is 0 Å². The molecule has 0 amide bonds. The number of aromatic nitrogens is 2. The number of halogens is 2. The zero-order valence-electron chi connectivity index (χ0n) is 14.7. The highest BCUT2D eigenvalue weighted by atomic mass is 35.5. The van der Waals surface area contributed by atoms with Crippen LogP contribution in [-0.4, -0.2) is 30.6 Å². The van der Waals surface area contributed by atoms with E-state index in [-0.39, 0.29) is 30.0 Å². The lowest BCUT2D eigenvalue weighted by molar-refractivity contribution is 0.00634. The molecule has 0 saturated heterocycles. The maximum Gasteiger partial charge on any atom is 0.240 e. The van der Waals surface area contributed by atoms with Crippen molar-refractivity contribution in [1.82, 2.24) is 14.3 Å². The minimum absolute atomic E-state index is 0.117. The Morgan fingerprint density at radius 2 is 1.89 bits per heavy atom. The Morgan fingerprint density at radius 1 is 1.18 bits per heavy atom. The van der Waals surface area contributed by atoms with Gasteiger partial charge in [-0.05, 0) is 54.1 Å². The zero-order valence-corrected chi connectivity index (χ0v) is 16.3.